The van der Waals surface area contributed by atoms with E-state index in [0.29, 0.717) is 57.4 Å². The maximum absolute atomic E-state index is 12.5. The van der Waals surface area contributed by atoms with Gasteiger partial charge in [0.25, 0.3) is 0 Å². The lowest BCUT2D eigenvalue weighted by molar-refractivity contribution is -0.115. The number of benzene rings is 2. The number of hydrogen-bond donors (Lipinski definition) is 2. The topological polar surface area (TPSA) is 132 Å². The van der Waals surface area contributed by atoms with Crippen LogP contribution in [-0.4, -0.2) is 56.2 Å². The molecule has 0 saturated heterocycles. The minimum atomic E-state index is -0.646. The van der Waals surface area contributed by atoms with Gasteiger partial charge in [0.15, 0.2) is 28.8 Å². The van der Waals surface area contributed by atoms with Crippen LogP contribution in [0.2, 0.25) is 0 Å². The highest BCUT2D eigenvalue weighted by atomic mass is 16.5. The molecule has 0 bridgehead atoms. The second-order valence-electron chi connectivity index (χ2n) is 7.66. The van der Waals surface area contributed by atoms with Gasteiger partial charge in [0.1, 0.15) is 6.04 Å². The van der Waals surface area contributed by atoms with Gasteiger partial charge in [-0.1, -0.05) is 6.07 Å². The smallest absolute Gasteiger partial charge is 0.248 e. The molecule has 35 heavy (non-hydrogen) atoms. The Hall–Kier alpha value is -4.41. The fourth-order valence-electron chi connectivity index (χ4n) is 4.13. The minimum Gasteiger partial charge on any atom is -0.493 e. The molecular weight excluding hydrogens is 454 g/mol. The molecule has 3 aromatic rings. The lowest BCUT2D eigenvalue weighted by atomic mass is 9.95. The van der Waals surface area contributed by atoms with Gasteiger partial charge in [0, 0.05) is 11.3 Å². The Balaban J connectivity index is 1.89. The molecule has 0 saturated carbocycles. The van der Waals surface area contributed by atoms with Crippen LogP contribution in [0, 0.1) is 0 Å². The van der Waals surface area contributed by atoms with Crippen molar-refractivity contribution in [2.45, 2.75) is 13.0 Å². The van der Waals surface area contributed by atoms with Crippen LogP contribution in [0.25, 0.3) is 11.4 Å². The van der Waals surface area contributed by atoms with Crippen LogP contribution in [0.5, 0.6) is 28.7 Å². The summed E-state index contributed by atoms with van der Waals surface area (Å²) >= 11 is 0. The van der Waals surface area contributed by atoms with E-state index < -0.39 is 11.9 Å². The van der Waals surface area contributed by atoms with E-state index >= 15 is 0 Å². The number of amides is 1. The molecule has 1 aliphatic rings. The molecule has 11 nitrogen and oxygen atoms in total. The van der Waals surface area contributed by atoms with Gasteiger partial charge in [-0.05, 0) is 36.8 Å². The first-order chi connectivity index (χ1) is 16.9. The van der Waals surface area contributed by atoms with Gasteiger partial charge >= 0.3 is 0 Å². The molecule has 2 aromatic carbocycles. The van der Waals surface area contributed by atoms with Crippen molar-refractivity contribution in [3.8, 4) is 40.1 Å². The van der Waals surface area contributed by atoms with Crippen molar-refractivity contribution in [1.82, 2.24) is 14.8 Å². The molecule has 1 atom stereocenters. The normalized spacial score (nSPS) is 14.6. The first kappa shape index (κ1) is 23.7. The van der Waals surface area contributed by atoms with Crippen molar-refractivity contribution in [1.29, 1.82) is 0 Å². The van der Waals surface area contributed by atoms with Gasteiger partial charge in [-0.3, -0.25) is 4.79 Å². The number of ether oxygens (including phenoxy) is 5. The van der Waals surface area contributed by atoms with Crippen LogP contribution in [0.4, 0.5) is 5.95 Å². The van der Waals surface area contributed by atoms with Crippen LogP contribution in [0.1, 0.15) is 18.5 Å². The molecule has 1 amide bonds. The Morgan fingerprint density at radius 1 is 0.914 bits per heavy atom. The number of carbonyl (C=O) groups is 1. The first-order valence-electron chi connectivity index (χ1n) is 10.6. The van der Waals surface area contributed by atoms with Crippen LogP contribution < -0.4 is 34.7 Å². The van der Waals surface area contributed by atoms with Crippen molar-refractivity contribution in [2.75, 3.05) is 40.9 Å². The highest BCUT2D eigenvalue weighted by Crippen LogP contribution is 2.42. The van der Waals surface area contributed by atoms with Gasteiger partial charge in [0.2, 0.25) is 17.6 Å². The molecule has 4 rings (SSSR count). The molecule has 1 aliphatic heterocycles. The zero-order chi connectivity index (χ0) is 25.3. The number of carbonyl (C=O) groups excluding carboxylic acids is 1. The number of methoxy groups -OCH3 is 5. The SMILES string of the molecule is COc1ccc([C@@H]2C(C(N)=O)=C(C)Nc3nc(-c4cc(OC)c(OC)c(OC)c4)nn32)cc1OC. The number of primary amides is 1. The predicted molar refractivity (Wildman–Crippen MR) is 128 cm³/mol. The standard InChI is InChI=1S/C24H27N5O6/c1-12-19(22(25)30)20(13-7-8-15(31-2)16(9-13)32-3)29-24(26-12)27-23(28-29)14-10-17(33-4)21(35-6)18(11-14)34-5/h7-11,20H,1-6H3,(H2,25,30)(H,26,27,28)/t20-/m1/s1. The van der Waals surface area contributed by atoms with Crippen LogP contribution in [-0.2, 0) is 4.79 Å². The van der Waals surface area contributed by atoms with Gasteiger partial charge in [-0.25, -0.2) is 4.68 Å². The highest BCUT2D eigenvalue weighted by molar-refractivity contribution is 5.95. The molecule has 0 aliphatic carbocycles. The summed E-state index contributed by atoms with van der Waals surface area (Å²) in [7, 11) is 7.70. The maximum atomic E-state index is 12.5. The minimum absolute atomic E-state index is 0.353. The zero-order valence-electron chi connectivity index (χ0n) is 20.3. The fraction of sp³-hybridized carbons (Fsp3) is 0.292. The number of hydrogen-bond acceptors (Lipinski definition) is 9. The van der Waals surface area contributed by atoms with E-state index in [9.17, 15) is 4.79 Å². The van der Waals surface area contributed by atoms with Crippen LogP contribution in [0.15, 0.2) is 41.6 Å². The van der Waals surface area contributed by atoms with Gasteiger partial charge in [-0.15, -0.1) is 5.10 Å². The van der Waals surface area contributed by atoms with Gasteiger partial charge < -0.3 is 34.7 Å². The number of nitrogens with one attached hydrogen (secondary N) is 1. The summed E-state index contributed by atoms with van der Waals surface area (Å²) in [5.74, 6) is 2.70. The molecule has 0 radical (unpaired) electrons. The van der Waals surface area contributed by atoms with E-state index in [4.69, 9.17) is 34.5 Å². The van der Waals surface area contributed by atoms with E-state index in [1.807, 2.05) is 6.07 Å². The van der Waals surface area contributed by atoms with E-state index in [1.54, 1.807) is 50.1 Å². The summed E-state index contributed by atoms with van der Waals surface area (Å²) < 4.78 is 28.8. The monoisotopic (exact) mass is 481 g/mol. The molecule has 11 heteroatoms. The third-order valence-electron chi connectivity index (χ3n) is 5.76. The maximum Gasteiger partial charge on any atom is 0.248 e. The third kappa shape index (κ3) is 4.05. The number of nitrogens with zero attached hydrogens (tertiary/aromatic N) is 3. The van der Waals surface area contributed by atoms with Gasteiger partial charge in [-0.2, -0.15) is 4.98 Å². The summed E-state index contributed by atoms with van der Waals surface area (Å²) in [5, 5.41) is 7.86. The van der Waals surface area contributed by atoms with E-state index in [1.165, 1.54) is 21.3 Å². The summed E-state index contributed by atoms with van der Waals surface area (Å²) in [5.41, 5.74) is 8.08. The Kier molecular flexibility index (Phi) is 6.41. The molecule has 0 unspecified atom stereocenters. The van der Waals surface area contributed by atoms with Crippen molar-refractivity contribution in [3.05, 3.63) is 47.2 Å². The molecule has 2 heterocycles. The largest absolute Gasteiger partial charge is 0.493 e. The zero-order valence-corrected chi connectivity index (χ0v) is 20.3. The summed E-state index contributed by atoms with van der Waals surface area (Å²) in [6, 6.07) is 8.24. The number of fused-ring (bicyclic) bond motifs is 1. The molecule has 0 spiro atoms. The summed E-state index contributed by atoms with van der Waals surface area (Å²) in [6.07, 6.45) is 0. The highest BCUT2D eigenvalue weighted by Gasteiger charge is 2.34. The lowest BCUT2D eigenvalue weighted by Crippen LogP contribution is -2.31. The Morgan fingerprint density at radius 3 is 2.09 bits per heavy atom. The predicted octanol–water partition coefficient (Wildman–Crippen LogP) is 2.76. The Bertz CT molecular complexity index is 1290. The number of anilines is 1. The van der Waals surface area contributed by atoms with E-state index in [0.717, 1.165) is 5.56 Å². The Labute approximate surface area is 202 Å². The van der Waals surface area contributed by atoms with E-state index in [-0.39, 0.29) is 0 Å². The second kappa shape index (κ2) is 9.45. The first-order valence-corrected chi connectivity index (χ1v) is 10.6. The van der Waals surface area contributed by atoms with E-state index in [2.05, 4.69) is 10.3 Å². The number of nitrogens with two attached hydrogens (primary N) is 1. The quantitative estimate of drug-likeness (QED) is 0.498. The molecule has 184 valence electrons. The molecular formula is C24H27N5O6. The average Bonchev–Trinajstić information content (AvgIpc) is 3.29. The molecule has 1 aromatic heterocycles. The van der Waals surface area contributed by atoms with Crippen molar-refractivity contribution in [2.24, 2.45) is 5.73 Å². The molecule has 0 fully saturated rings. The number of rotatable bonds is 8. The van der Waals surface area contributed by atoms with Crippen molar-refractivity contribution in [3.63, 3.8) is 0 Å². The fourth-order valence-corrected chi connectivity index (χ4v) is 4.13. The van der Waals surface area contributed by atoms with Crippen LogP contribution in [0.3, 0.4) is 0 Å². The second-order valence-corrected chi connectivity index (χ2v) is 7.66. The van der Waals surface area contributed by atoms with Crippen LogP contribution >= 0.6 is 0 Å². The number of allylic oxidation sites excluding steroid dienone is 1. The number of aromatic nitrogens is 3. The van der Waals surface area contributed by atoms with Gasteiger partial charge in [0.05, 0.1) is 41.1 Å². The lowest BCUT2D eigenvalue weighted by Gasteiger charge is -2.28. The summed E-state index contributed by atoms with van der Waals surface area (Å²) in [6.45, 7) is 1.77. The molecule has 3 N–H and O–H groups in total. The van der Waals surface area contributed by atoms with Crippen molar-refractivity contribution >= 4 is 11.9 Å². The average molecular weight is 482 g/mol. The third-order valence-corrected chi connectivity index (χ3v) is 5.76. The summed E-state index contributed by atoms with van der Waals surface area (Å²) in [4.78, 5) is 17.2. The Morgan fingerprint density at radius 2 is 1.54 bits per heavy atom. The van der Waals surface area contributed by atoms with Crippen molar-refractivity contribution < 1.29 is 28.5 Å².